The first-order valence-electron chi connectivity index (χ1n) is 7.72. The van der Waals surface area contributed by atoms with Crippen molar-refractivity contribution in [2.24, 2.45) is 23.0 Å². The molecule has 1 rings (SSSR count). The fourth-order valence-electron chi connectivity index (χ4n) is 3.21. The largest absolute Gasteiger partial charge is 0.342 e. The summed E-state index contributed by atoms with van der Waals surface area (Å²) in [6.45, 7) is 12.7. The molecule has 112 valence electrons. The number of amides is 1. The number of rotatable bonds is 4. The summed E-state index contributed by atoms with van der Waals surface area (Å²) < 4.78 is 0. The van der Waals surface area contributed by atoms with Gasteiger partial charge in [-0.1, -0.05) is 27.7 Å². The van der Waals surface area contributed by atoms with Crippen molar-refractivity contribution in [1.82, 2.24) is 4.90 Å². The molecule has 3 atom stereocenters. The second kappa shape index (κ2) is 6.74. The summed E-state index contributed by atoms with van der Waals surface area (Å²) in [5.74, 6) is 1.26. The third-order valence-corrected chi connectivity index (χ3v) is 4.04. The topological polar surface area (TPSA) is 46.3 Å². The van der Waals surface area contributed by atoms with Crippen molar-refractivity contribution in [1.29, 1.82) is 0 Å². The Bertz CT molecular complexity index is 294. The molecule has 0 saturated carbocycles. The van der Waals surface area contributed by atoms with Gasteiger partial charge in [-0.05, 0) is 43.4 Å². The van der Waals surface area contributed by atoms with Crippen LogP contribution in [0.15, 0.2) is 0 Å². The summed E-state index contributed by atoms with van der Waals surface area (Å²) >= 11 is 0. The average Bonchev–Trinajstić information content (AvgIpc) is 2.26. The van der Waals surface area contributed by atoms with E-state index < -0.39 is 0 Å². The number of carbonyl (C=O) groups excluding carboxylic acids is 1. The predicted molar refractivity (Wildman–Crippen MR) is 80.8 cm³/mol. The summed E-state index contributed by atoms with van der Waals surface area (Å²) in [5.41, 5.74) is 6.28. The van der Waals surface area contributed by atoms with Gasteiger partial charge in [-0.25, -0.2) is 0 Å². The molecule has 0 aromatic heterocycles. The van der Waals surface area contributed by atoms with E-state index in [2.05, 4.69) is 34.6 Å². The number of hydrogen-bond donors (Lipinski definition) is 1. The molecule has 1 aliphatic heterocycles. The van der Waals surface area contributed by atoms with Crippen molar-refractivity contribution in [3.05, 3.63) is 0 Å². The van der Waals surface area contributed by atoms with E-state index >= 15 is 0 Å². The third-order valence-electron chi connectivity index (χ3n) is 4.04. The Balaban J connectivity index is 2.44. The van der Waals surface area contributed by atoms with E-state index in [1.807, 2.05) is 4.90 Å². The Hall–Kier alpha value is -0.570. The monoisotopic (exact) mass is 268 g/mol. The Labute approximate surface area is 118 Å². The zero-order valence-corrected chi connectivity index (χ0v) is 13.4. The highest BCUT2D eigenvalue weighted by Crippen LogP contribution is 2.27. The van der Waals surface area contributed by atoms with Gasteiger partial charge < -0.3 is 10.6 Å². The SMILES string of the molecule is CC(CC(=O)N1CCCC(C(C)N)C1)CC(C)(C)C. The summed E-state index contributed by atoms with van der Waals surface area (Å²) in [5, 5.41) is 0. The maximum absolute atomic E-state index is 12.3. The lowest BCUT2D eigenvalue weighted by atomic mass is 9.84. The minimum atomic E-state index is 0.197. The van der Waals surface area contributed by atoms with Crippen LogP contribution in [0.2, 0.25) is 0 Å². The first kappa shape index (κ1) is 16.5. The van der Waals surface area contributed by atoms with Crippen LogP contribution in [0.4, 0.5) is 0 Å². The molecule has 1 amide bonds. The molecule has 0 aliphatic carbocycles. The maximum atomic E-state index is 12.3. The number of hydrogen-bond acceptors (Lipinski definition) is 2. The lowest BCUT2D eigenvalue weighted by Crippen LogP contribution is -2.45. The molecule has 1 saturated heterocycles. The highest BCUT2D eigenvalue weighted by Gasteiger charge is 2.27. The normalized spacial score (nSPS) is 24.1. The van der Waals surface area contributed by atoms with E-state index in [0.717, 1.165) is 25.9 Å². The quantitative estimate of drug-likeness (QED) is 0.852. The van der Waals surface area contributed by atoms with E-state index in [9.17, 15) is 4.79 Å². The molecule has 0 radical (unpaired) electrons. The molecule has 0 bridgehead atoms. The molecule has 19 heavy (non-hydrogen) atoms. The predicted octanol–water partition coefficient (Wildman–Crippen LogP) is 3.03. The van der Waals surface area contributed by atoms with Gasteiger partial charge in [0.1, 0.15) is 0 Å². The summed E-state index contributed by atoms with van der Waals surface area (Å²) in [7, 11) is 0. The Morgan fingerprint density at radius 3 is 2.53 bits per heavy atom. The molecule has 3 nitrogen and oxygen atoms in total. The number of nitrogens with two attached hydrogens (primary N) is 1. The van der Waals surface area contributed by atoms with Crippen molar-refractivity contribution in [3.63, 3.8) is 0 Å². The van der Waals surface area contributed by atoms with Gasteiger partial charge in [-0.2, -0.15) is 0 Å². The van der Waals surface area contributed by atoms with Crippen LogP contribution in [0.5, 0.6) is 0 Å². The van der Waals surface area contributed by atoms with E-state index in [1.54, 1.807) is 0 Å². The van der Waals surface area contributed by atoms with Crippen LogP contribution >= 0.6 is 0 Å². The summed E-state index contributed by atoms with van der Waals surface area (Å²) in [4.78, 5) is 14.4. The van der Waals surface area contributed by atoms with E-state index in [1.165, 1.54) is 6.42 Å². The number of carbonyl (C=O) groups is 1. The van der Waals surface area contributed by atoms with Gasteiger partial charge in [0.25, 0.3) is 0 Å². The fourth-order valence-corrected chi connectivity index (χ4v) is 3.21. The number of nitrogens with zero attached hydrogens (tertiary/aromatic N) is 1. The number of piperidine rings is 1. The molecule has 1 aliphatic rings. The average molecular weight is 268 g/mol. The maximum Gasteiger partial charge on any atom is 0.222 e. The second-order valence-electron chi connectivity index (χ2n) is 7.68. The molecule has 3 heteroatoms. The lowest BCUT2D eigenvalue weighted by Gasteiger charge is -2.35. The lowest BCUT2D eigenvalue weighted by molar-refractivity contribution is -0.134. The van der Waals surface area contributed by atoms with Crippen LogP contribution in [0.3, 0.4) is 0 Å². The minimum Gasteiger partial charge on any atom is -0.342 e. The fraction of sp³-hybridized carbons (Fsp3) is 0.938. The Morgan fingerprint density at radius 1 is 1.37 bits per heavy atom. The highest BCUT2D eigenvalue weighted by molar-refractivity contribution is 5.76. The van der Waals surface area contributed by atoms with E-state index in [0.29, 0.717) is 29.6 Å². The summed E-state index contributed by atoms with van der Waals surface area (Å²) in [6.07, 6.45) is 4.05. The standard InChI is InChI=1S/C16H32N2O/c1-12(10-16(3,4)5)9-15(19)18-8-6-7-14(11-18)13(2)17/h12-14H,6-11,17H2,1-5H3. The van der Waals surface area contributed by atoms with Crippen molar-refractivity contribution < 1.29 is 4.79 Å². The van der Waals surface area contributed by atoms with Gasteiger partial charge in [0.05, 0.1) is 0 Å². The molecule has 2 N–H and O–H groups in total. The Morgan fingerprint density at radius 2 is 2.00 bits per heavy atom. The van der Waals surface area contributed by atoms with Crippen LogP contribution in [0, 0.1) is 17.3 Å². The minimum absolute atomic E-state index is 0.197. The first-order valence-corrected chi connectivity index (χ1v) is 7.72. The molecular weight excluding hydrogens is 236 g/mol. The highest BCUT2D eigenvalue weighted by atomic mass is 16.2. The first-order chi connectivity index (χ1) is 8.69. The van der Waals surface area contributed by atoms with Crippen molar-refractivity contribution in [2.75, 3.05) is 13.1 Å². The van der Waals surface area contributed by atoms with Gasteiger partial charge in [0, 0.05) is 25.6 Å². The number of likely N-dealkylation sites (tertiary alicyclic amines) is 1. The van der Waals surface area contributed by atoms with Crippen molar-refractivity contribution >= 4 is 5.91 Å². The molecule has 0 aromatic carbocycles. The van der Waals surface area contributed by atoms with Crippen molar-refractivity contribution in [3.8, 4) is 0 Å². The van der Waals surface area contributed by atoms with Crippen LogP contribution in [0.1, 0.15) is 60.3 Å². The molecule has 0 aromatic rings. The summed E-state index contributed by atoms with van der Waals surface area (Å²) in [6, 6.07) is 0.197. The van der Waals surface area contributed by atoms with Crippen LogP contribution in [-0.2, 0) is 4.79 Å². The van der Waals surface area contributed by atoms with Crippen molar-refractivity contribution in [2.45, 2.75) is 66.3 Å². The van der Waals surface area contributed by atoms with Gasteiger partial charge in [0.15, 0.2) is 0 Å². The van der Waals surface area contributed by atoms with Gasteiger partial charge in [0.2, 0.25) is 5.91 Å². The van der Waals surface area contributed by atoms with Crippen LogP contribution in [0.25, 0.3) is 0 Å². The molecule has 3 unspecified atom stereocenters. The van der Waals surface area contributed by atoms with Crippen LogP contribution < -0.4 is 5.73 Å². The zero-order valence-electron chi connectivity index (χ0n) is 13.4. The zero-order chi connectivity index (χ0) is 14.6. The van der Waals surface area contributed by atoms with E-state index in [-0.39, 0.29) is 6.04 Å². The molecule has 1 fully saturated rings. The van der Waals surface area contributed by atoms with Gasteiger partial charge in [-0.3, -0.25) is 4.79 Å². The van der Waals surface area contributed by atoms with Gasteiger partial charge >= 0.3 is 0 Å². The second-order valence-corrected chi connectivity index (χ2v) is 7.68. The third kappa shape index (κ3) is 5.94. The van der Waals surface area contributed by atoms with E-state index in [4.69, 9.17) is 5.73 Å². The van der Waals surface area contributed by atoms with Gasteiger partial charge in [-0.15, -0.1) is 0 Å². The Kier molecular flexibility index (Phi) is 5.84. The molecule has 0 spiro atoms. The molecular formula is C16H32N2O. The van der Waals surface area contributed by atoms with Crippen LogP contribution in [-0.4, -0.2) is 29.9 Å². The molecule has 1 heterocycles. The smallest absolute Gasteiger partial charge is 0.222 e.